The number of piperidine rings is 1. The second-order valence-electron chi connectivity index (χ2n) is 8.47. The van der Waals surface area contributed by atoms with E-state index in [0.717, 1.165) is 6.07 Å². The van der Waals surface area contributed by atoms with Gasteiger partial charge in [0.1, 0.15) is 5.56 Å². The van der Waals surface area contributed by atoms with Gasteiger partial charge >= 0.3 is 6.18 Å². The monoisotopic (exact) mass is 448 g/mol. The summed E-state index contributed by atoms with van der Waals surface area (Å²) < 4.78 is 46.9. The molecule has 0 radical (unpaired) electrons. The molecule has 3 aromatic rings. The number of nitrogens with one attached hydrogen (secondary N) is 1. The number of nitrogens with zero attached hydrogens (tertiary/aromatic N) is 3. The fourth-order valence-corrected chi connectivity index (χ4v) is 4.09. The minimum atomic E-state index is -4.61. The predicted molar refractivity (Wildman–Crippen MR) is 111 cm³/mol. The van der Waals surface area contributed by atoms with E-state index in [1.807, 2.05) is 0 Å². The molecular weight excluding hydrogens is 425 g/mol. The van der Waals surface area contributed by atoms with Crippen LogP contribution in [-0.2, 0) is 6.18 Å². The summed E-state index contributed by atoms with van der Waals surface area (Å²) in [4.78, 5) is 33.4. The molecule has 4 heterocycles. The van der Waals surface area contributed by atoms with Crippen molar-refractivity contribution in [3.05, 3.63) is 56.8 Å². The lowest BCUT2D eigenvalue weighted by atomic mass is 9.91. The lowest BCUT2D eigenvalue weighted by Crippen LogP contribution is -2.41. The Morgan fingerprint density at radius 2 is 2.06 bits per heavy atom. The summed E-state index contributed by atoms with van der Waals surface area (Å²) in [5.74, 6) is -1.14. The van der Waals surface area contributed by atoms with Crippen LogP contribution in [0.1, 0.15) is 71.5 Å². The third-order valence-electron chi connectivity index (χ3n) is 5.77. The van der Waals surface area contributed by atoms with Crippen LogP contribution >= 0.6 is 0 Å². The van der Waals surface area contributed by atoms with Crippen LogP contribution in [0.5, 0.6) is 0 Å². The van der Waals surface area contributed by atoms with Gasteiger partial charge in [-0.25, -0.2) is 4.98 Å². The third-order valence-corrected chi connectivity index (χ3v) is 5.77. The molecule has 170 valence electrons. The normalized spacial score (nSPS) is 17.3. The molecule has 1 aliphatic heterocycles. The number of aromatic nitrogens is 3. The van der Waals surface area contributed by atoms with Crippen LogP contribution in [0.3, 0.4) is 0 Å². The maximum atomic E-state index is 13.9. The van der Waals surface area contributed by atoms with Gasteiger partial charge in [-0.05, 0) is 43.9 Å². The van der Waals surface area contributed by atoms with Crippen LogP contribution in [-0.4, -0.2) is 39.0 Å². The number of hydrogen-bond donors (Lipinski definition) is 1. The SMILES string of the molecule is Cc1ccc(C(=O)N2CCC[C@@H](c3noc4nc(C(C)C)cc(C(F)(F)F)c34)C2)c(=O)[nH]1. The van der Waals surface area contributed by atoms with Crippen molar-refractivity contribution < 1.29 is 22.5 Å². The third kappa shape index (κ3) is 4.01. The fraction of sp³-hybridized carbons (Fsp3) is 0.455. The first-order valence-corrected chi connectivity index (χ1v) is 10.4. The van der Waals surface area contributed by atoms with Gasteiger partial charge in [0.15, 0.2) is 0 Å². The summed E-state index contributed by atoms with van der Waals surface area (Å²) in [6.07, 6.45) is -3.50. The number of aromatic amines is 1. The maximum Gasteiger partial charge on any atom is 0.417 e. The Morgan fingerprint density at radius 1 is 1.31 bits per heavy atom. The molecule has 0 spiro atoms. The number of carbonyl (C=O) groups is 1. The summed E-state index contributed by atoms with van der Waals surface area (Å²) in [6.45, 7) is 5.75. The molecule has 3 aromatic heterocycles. The quantitative estimate of drug-likeness (QED) is 0.642. The van der Waals surface area contributed by atoms with E-state index in [1.54, 1.807) is 26.8 Å². The van der Waals surface area contributed by atoms with Gasteiger partial charge in [-0.1, -0.05) is 19.0 Å². The molecule has 7 nitrogen and oxygen atoms in total. The standard InChI is InChI=1S/C22H23F3N4O3/c1-11(2)16-9-15(22(23,24)25)17-18(28-32-20(17)27-16)13-5-4-8-29(10-13)21(31)14-7-6-12(3)26-19(14)30/h6-7,9,11,13H,4-5,8,10H2,1-3H3,(H,26,30)/t13-/m1/s1. The van der Waals surface area contributed by atoms with Crippen molar-refractivity contribution in [1.82, 2.24) is 20.0 Å². The van der Waals surface area contributed by atoms with Gasteiger partial charge in [0.2, 0.25) is 0 Å². The molecular formula is C22H23F3N4O3. The Labute approximate surface area is 181 Å². The Balaban J connectivity index is 1.71. The second-order valence-corrected chi connectivity index (χ2v) is 8.47. The van der Waals surface area contributed by atoms with Gasteiger partial charge in [-0.15, -0.1) is 0 Å². The van der Waals surface area contributed by atoms with Gasteiger partial charge in [0.25, 0.3) is 17.2 Å². The van der Waals surface area contributed by atoms with E-state index in [1.165, 1.54) is 11.0 Å². The topological polar surface area (TPSA) is 92.1 Å². The van der Waals surface area contributed by atoms with E-state index in [-0.39, 0.29) is 40.5 Å². The molecule has 1 aliphatic rings. The first kappa shape index (κ1) is 22.0. The molecule has 32 heavy (non-hydrogen) atoms. The molecule has 1 N–H and O–H groups in total. The van der Waals surface area contributed by atoms with Crippen LogP contribution < -0.4 is 5.56 Å². The zero-order chi connectivity index (χ0) is 23.2. The summed E-state index contributed by atoms with van der Waals surface area (Å²) in [5, 5.41) is 3.79. The first-order valence-electron chi connectivity index (χ1n) is 10.4. The van der Waals surface area contributed by atoms with Gasteiger partial charge < -0.3 is 14.4 Å². The van der Waals surface area contributed by atoms with Crippen molar-refractivity contribution in [3.63, 3.8) is 0 Å². The van der Waals surface area contributed by atoms with E-state index in [0.29, 0.717) is 25.1 Å². The van der Waals surface area contributed by atoms with E-state index in [4.69, 9.17) is 4.52 Å². The van der Waals surface area contributed by atoms with Crippen LogP contribution in [0, 0.1) is 6.92 Å². The zero-order valence-electron chi connectivity index (χ0n) is 17.9. The van der Waals surface area contributed by atoms with Gasteiger partial charge in [0.05, 0.1) is 16.6 Å². The molecule has 1 saturated heterocycles. The number of amides is 1. The number of rotatable bonds is 3. The first-order chi connectivity index (χ1) is 15.1. The molecule has 0 aliphatic carbocycles. The lowest BCUT2D eigenvalue weighted by Gasteiger charge is -2.32. The van der Waals surface area contributed by atoms with Gasteiger partial charge in [-0.3, -0.25) is 9.59 Å². The highest BCUT2D eigenvalue weighted by Gasteiger charge is 2.38. The summed E-state index contributed by atoms with van der Waals surface area (Å²) in [7, 11) is 0. The highest BCUT2D eigenvalue weighted by Crippen LogP contribution is 2.40. The van der Waals surface area contributed by atoms with Crippen molar-refractivity contribution in [1.29, 1.82) is 0 Å². The van der Waals surface area contributed by atoms with E-state index >= 15 is 0 Å². The van der Waals surface area contributed by atoms with Gasteiger partial charge in [0, 0.05) is 30.4 Å². The number of aryl methyl sites for hydroxylation is 1. The lowest BCUT2D eigenvalue weighted by molar-refractivity contribution is -0.136. The molecule has 0 unspecified atom stereocenters. The molecule has 0 saturated carbocycles. The van der Waals surface area contributed by atoms with Crippen LogP contribution in [0.2, 0.25) is 0 Å². The number of likely N-dealkylation sites (tertiary alicyclic amines) is 1. The van der Waals surface area contributed by atoms with Crippen molar-refractivity contribution in [2.45, 2.75) is 51.6 Å². The minimum Gasteiger partial charge on any atom is -0.338 e. The molecule has 1 atom stereocenters. The number of hydrogen-bond acceptors (Lipinski definition) is 5. The summed E-state index contributed by atoms with van der Waals surface area (Å²) >= 11 is 0. The smallest absolute Gasteiger partial charge is 0.338 e. The molecule has 4 rings (SSSR count). The minimum absolute atomic E-state index is 0.000447. The van der Waals surface area contributed by atoms with Crippen molar-refractivity contribution in [3.8, 4) is 0 Å². The zero-order valence-corrected chi connectivity index (χ0v) is 17.9. The summed E-state index contributed by atoms with van der Waals surface area (Å²) in [6, 6.07) is 4.14. The number of H-pyrrole nitrogens is 1. The number of pyridine rings is 2. The molecule has 1 fully saturated rings. The van der Waals surface area contributed by atoms with E-state index in [2.05, 4.69) is 15.1 Å². The number of alkyl halides is 3. The average molecular weight is 448 g/mol. The van der Waals surface area contributed by atoms with E-state index in [9.17, 15) is 22.8 Å². The van der Waals surface area contributed by atoms with Crippen LogP contribution in [0.4, 0.5) is 13.2 Å². The number of halogens is 3. The summed E-state index contributed by atoms with van der Waals surface area (Å²) in [5.41, 5.74) is -0.436. The van der Waals surface area contributed by atoms with Crippen LogP contribution in [0.25, 0.3) is 11.1 Å². The number of carbonyl (C=O) groups excluding carboxylic acids is 1. The maximum absolute atomic E-state index is 13.9. The van der Waals surface area contributed by atoms with Crippen molar-refractivity contribution >= 4 is 17.0 Å². The molecule has 0 aromatic carbocycles. The van der Waals surface area contributed by atoms with Crippen LogP contribution in [0.15, 0.2) is 27.5 Å². The molecule has 1 amide bonds. The Hall–Kier alpha value is -3.17. The molecule has 0 bridgehead atoms. The molecule has 10 heteroatoms. The van der Waals surface area contributed by atoms with Gasteiger partial charge in [-0.2, -0.15) is 13.2 Å². The Kier molecular flexibility index (Phi) is 5.56. The average Bonchev–Trinajstić information content (AvgIpc) is 3.16. The fourth-order valence-electron chi connectivity index (χ4n) is 4.09. The predicted octanol–water partition coefficient (Wildman–Crippen LogP) is 4.38. The Morgan fingerprint density at radius 3 is 2.72 bits per heavy atom. The largest absolute Gasteiger partial charge is 0.417 e. The highest BCUT2D eigenvalue weighted by atomic mass is 19.4. The van der Waals surface area contributed by atoms with E-state index < -0.39 is 29.1 Å². The van der Waals surface area contributed by atoms with Crippen molar-refractivity contribution in [2.75, 3.05) is 13.1 Å². The number of fused-ring (bicyclic) bond motifs is 1. The second kappa shape index (κ2) is 8.07. The highest BCUT2D eigenvalue weighted by molar-refractivity contribution is 5.94. The Bertz CT molecular complexity index is 1230. The van der Waals surface area contributed by atoms with Crippen molar-refractivity contribution in [2.24, 2.45) is 0 Å².